The average molecular weight is 422 g/mol. The van der Waals surface area contributed by atoms with E-state index in [1.165, 1.54) is 22.7 Å². The van der Waals surface area contributed by atoms with E-state index in [-0.39, 0.29) is 11.8 Å². The van der Waals surface area contributed by atoms with Crippen LogP contribution in [0.25, 0.3) is 10.6 Å². The third-order valence-electron chi connectivity index (χ3n) is 3.11. The quantitative estimate of drug-likeness (QED) is 0.627. The number of carbonyl (C=O) groups is 2. The molecule has 122 valence electrons. The fourth-order valence-electron chi connectivity index (χ4n) is 1.98. The molecule has 0 saturated carbocycles. The molecular weight excluding hydrogens is 410 g/mol. The van der Waals surface area contributed by atoms with Crippen molar-refractivity contribution < 1.29 is 9.59 Å². The Morgan fingerprint density at radius 3 is 2.38 bits per heavy atom. The summed E-state index contributed by atoms with van der Waals surface area (Å²) >= 11 is 5.88. The first kappa shape index (κ1) is 16.8. The highest BCUT2D eigenvalue weighted by Crippen LogP contribution is 2.27. The zero-order valence-corrected chi connectivity index (χ0v) is 15.7. The average Bonchev–Trinajstić information content (AvgIpc) is 3.19. The van der Waals surface area contributed by atoms with Crippen molar-refractivity contribution in [2.45, 2.75) is 6.92 Å². The molecule has 2 N–H and O–H groups in total. The number of aromatic nitrogens is 1. The van der Waals surface area contributed by atoms with Gasteiger partial charge in [-0.1, -0.05) is 30.3 Å². The summed E-state index contributed by atoms with van der Waals surface area (Å²) in [6, 6.07) is 13.1. The Morgan fingerprint density at radius 2 is 1.71 bits per heavy atom. The Hall–Kier alpha value is -2.03. The van der Waals surface area contributed by atoms with Crippen LogP contribution >= 0.6 is 38.6 Å². The molecule has 0 bridgehead atoms. The monoisotopic (exact) mass is 421 g/mol. The van der Waals surface area contributed by atoms with E-state index in [4.69, 9.17) is 0 Å². The number of hydrogen-bond acceptors (Lipinski definition) is 5. The molecule has 0 unspecified atom stereocenters. The minimum absolute atomic E-state index is 0.357. The van der Waals surface area contributed by atoms with E-state index < -0.39 is 0 Å². The molecule has 0 spiro atoms. The van der Waals surface area contributed by atoms with Gasteiger partial charge in [0.25, 0.3) is 11.8 Å². The summed E-state index contributed by atoms with van der Waals surface area (Å²) in [5, 5.41) is 0.770. The van der Waals surface area contributed by atoms with Gasteiger partial charge in [0.05, 0.1) is 14.4 Å². The van der Waals surface area contributed by atoms with Gasteiger partial charge in [0, 0.05) is 5.56 Å². The smallest absolute Gasteiger partial charge is 0.266 e. The second kappa shape index (κ2) is 7.25. The number of halogens is 1. The number of nitrogens with zero attached hydrogens (tertiary/aromatic N) is 1. The zero-order valence-electron chi connectivity index (χ0n) is 12.5. The van der Waals surface area contributed by atoms with Gasteiger partial charge in [0.1, 0.15) is 9.88 Å². The standard InChI is InChI=1S/C16H12BrN3O2S2/c1-9-13(24-16(18-9)10-5-3-2-4-6-10)15(22)20-19-14(21)11-7-8-12(17)23-11/h2-8H,1H3,(H,19,21)(H,20,22). The molecule has 24 heavy (non-hydrogen) atoms. The number of hydrogen-bond donors (Lipinski definition) is 2. The molecular formula is C16H12BrN3O2S2. The van der Waals surface area contributed by atoms with Crippen molar-refractivity contribution in [1.29, 1.82) is 0 Å². The van der Waals surface area contributed by atoms with Crippen LogP contribution in [0.3, 0.4) is 0 Å². The first-order chi connectivity index (χ1) is 11.5. The lowest BCUT2D eigenvalue weighted by molar-refractivity contribution is 0.0850. The molecule has 0 aliphatic rings. The van der Waals surface area contributed by atoms with E-state index in [1.807, 2.05) is 30.3 Å². The number of benzene rings is 1. The van der Waals surface area contributed by atoms with Gasteiger partial charge in [-0.15, -0.1) is 22.7 Å². The van der Waals surface area contributed by atoms with Gasteiger partial charge in [0.2, 0.25) is 0 Å². The van der Waals surface area contributed by atoms with Crippen LogP contribution in [0.5, 0.6) is 0 Å². The highest BCUT2D eigenvalue weighted by Gasteiger charge is 2.17. The number of carbonyl (C=O) groups excluding carboxylic acids is 2. The van der Waals surface area contributed by atoms with Crippen molar-refractivity contribution in [3.63, 3.8) is 0 Å². The molecule has 2 heterocycles. The summed E-state index contributed by atoms with van der Waals surface area (Å²) in [6.45, 7) is 1.77. The molecule has 2 aromatic heterocycles. The van der Waals surface area contributed by atoms with Crippen LogP contribution in [0.1, 0.15) is 25.0 Å². The maximum absolute atomic E-state index is 12.3. The fraction of sp³-hybridized carbons (Fsp3) is 0.0625. The Kier molecular flexibility index (Phi) is 5.08. The van der Waals surface area contributed by atoms with E-state index in [1.54, 1.807) is 19.1 Å². The summed E-state index contributed by atoms with van der Waals surface area (Å²) in [5.41, 5.74) is 6.44. The van der Waals surface area contributed by atoms with E-state index in [0.717, 1.165) is 14.4 Å². The van der Waals surface area contributed by atoms with Crippen LogP contribution in [-0.2, 0) is 0 Å². The molecule has 0 aliphatic carbocycles. The van der Waals surface area contributed by atoms with Crippen molar-refractivity contribution in [1.82, 2.24) is 15.8 Å². The van der Waals surface area contributed by atoms with Gasteiger partial charge >= 0.3 is 0 Å². The molecule has 1 aromatic carbocycles. The Labute approximate surface area is 154 Å². The minimum atomic E-state index is -0.379. The van der Waals surface area contributed by atoms with Crippen molar-refractivity contribution in [3.8, 4) is 10.6 Å². The molecule has 3 aromatic rings. The number of thiophene rings is 1. The second-order valence-corrected chi connectivity index (χ2v) is 8.27. The Bertz CT molecular complexity index is 890. The molecule has 0 saturated heterocycles. The fourth-order valence-corrected chi connectivity index (χ4v) is 4.23. The van der Waals surface area contributed by atoms with Gasteiger partial charge in [-0.25, -0.2) is 4.98 Å². The van der Waals surface area contributed by atoms with Gasteiger partial charge in [-0.05, 0) is 35.0 Å². The van der Waals surface area contributed by atoms with Gasteiger partial charge in [0.15, 0.2) is 0 Å². The van der Waals surface area contributed by atoms with Crippen molar-refractivity contribution in [2.75, 3.05) is 0 Å². The normalized spacial score (nSPS) is 10.4. The van der Waals surface area contributed by atoms with Crippen molar-refractivity contribution in [3.05, 3.63) is 61.7 Å². The molecule has 3 rings (SSSR count). The number of aryl methyl sites for hydroxylation is 1. The van der Waals surface area contributed by atoms with Gasteiger partial charge in [-0.2, -0.15) is 0 Å². The van der Waals surface area contributed by atoms with Crippen LogP contribution in [0, 0.1) is 6.92 Å². The molecule has 2 amide bonds. The lowest BCUT2D eigenvalue weighted by Gasteiger charge is -2.04. The predicted octanol–water partition coefficient (Wildman–Crippen LogP) is 4.02. The third kappa shape index (κ3) is 3.72. The lowest BCUT2D eigenvalue weighted by atomic mass is 10.2. The van der Waals surface area contributed by atoms with E-state index in [9.17, 15) is 9.59 Å². The van der Waals surface area contributed by atoms with Crippen LogP contribution in [0.15, 0.2) is 46.3 Å². The zero-order chi connectivity index (χ0) is 17.1. The van der Waals surface area contributed by atoms with Crippen LogP contribution in [0.4, 0.5) is 0 Å². The largest absolute Gasteiger partial charge is 0.281 e. The highest BCUT2D eigenvalue weighted by atomic mass is 79.9. The predicted molar refractivity (Wildman–Crippen MR) is 99.2 cm³/mol. The number of nitrogens with one attached hydrogen (secondary N) is 2. The summed E-state index contributed by atoms with van der Waals surface area (Å²) in [7, 11) is 0. The van der Waals surface area contributed by atoms with Gasteiger partial charge in [-0.3, -0.25) is 20.4 Å². The summed E-state index contributed by atoms with van der Waals surface area (Å²) in [5.74, 6) is -0.736. The number of thiazole rings is 1. The third-order valence-corrected chi connectivity index (χ3v) is 5.94. The first-order valence-electron chi connectivity index (χ1n) is 6.93. The second-order valence-electron chi connectivity index (χ2n) is 4.81. The summed E-state index contributed by atoms with van der Waals surface area (Å²) in [6.07, 6.45) is 0. The first-order valence-corrected chi connectivity index (χ1v) is 9.36. The van der Waals surface area contributed by atoms with Crippen molar-refractivity contribution in [2.24, 2.45) is 0 Å². The molecule has 5 nitrogen and oxygen atoms in total. The summed E-state index contributed by atoms with van der Waals surface area (Å²) in [4.78, 5) is 29.7. The topological polar surface area (TPSA) is 71.1 Å². The van der Waals surface area contributed by atoms with E-state index in [0.29, 0.717) is 15.4 Å². The van der Waals surface area contributed by atoms with Crippen molar-refractivity contribution >= 4 is 50.4 Å². The molecule has 0 atom stereocenters. The number of hydrazine groups is 1. The lowest BCUT2D eigenvalue weighted by Crippen LogP contribution is -2.41. The van der Waals surface area contributed by atoms with E-state index >= 15 is 0 Å². The maximum atomic E-state index is 12.3. The Balaban J connectivity index is 1.69. The van der Waals surface area contributed by atoms with Crippen LogP contribution < -0.4 is 10.9 Å². The van der Waals surface area contributed by atoms with Crippen LogP contribution in [0.2, 0.25) is 0 Å². The minimum Gasteiger partial charge on any atom is -0.266 e. The van der Waals surface area contributed by atoms with E-state index in [2.05, 4.69) is 31.8 Å². The summed E-state index contributed by atoms with van der Waals surface area (Å²) < 4.78 is 0.852. The molecule has 0 fully saturated rings. The number of amides is 2. The highest BCUT2D eigenvalue weighted by molar-refractivity contribution is 9.11. The maximum Gasteiger partial charge on any atom is 0.281 e. The Morgan fingerprint density at radius 1 is 1.00 bits per heavy atom. The molecule has 0 radical (unpaired) electrons. The number of rotatable bonds is 3. The van der Waals surface area contributed by atoms with Crippen LogP contribution in [-0.4, -0.2) is 16.8 Å². The molecule has 8 heteroatoms. The van der Waals surface area contributed by atoms with Gasteiger partial charge < -0.3 is 0 Å². The molecule has 0 aliphatic heterocycles. The SMILES string of the molecule is Cc1nc(-c2ccccc2)sc1C(=O)NNC(=O)c1ccc(Br)s1.